The molecule has 0 unspecified atom stereocenters. The molecule has 0 amide bonds. The summed E-state index contributed by atoms with van der Waals surface area (Å²) < 4.78 is 5.43. The van der Waals surface area contributed by atoms with E-state index in [0.717, 1.165) is 50.5 Å². The van der Waals surface area contributed by atoms with Gasteiger partial charge in [-0.05, 0) is 118 Å². The molecule has 4 aliphatic rings. The predicted molar refractivity (Wildman–Crippen MR) is 142 cm³/mol. The fourth-order valence-electron chi connectivity index (χ4n) is 11.0. The lowest BCUT2D eigenvalue weighted by Crippen LogP contribution is -2.66. The van der Waals surface area contributed by atoms with E-state index in [9.17, 15) is 24.6 Å². The first-order valence-corrected chi connectivity index (χ1v) is 14.2. The van der Waals surface area contributed by atoms with E-state index in [4.69, 9.17) is 4.74 Å². The third-order valence-corrected chi connectivity index (χ3v) is 12.9. The van der Waals surface area contributed by atoms with Crippen LogP contribution in [-0.4, -0.2) is 35.2 Å². The van der Waals surface area contributed by atoms with Gasteiger partial charge in [0.05, 0.1) is 24.4 Å². The quantitative estimate of drug-likeness (QED) is 0.305. The topological polar surface area (TPSA) is 101 Å². The van der Waals surface area contributed by atoms with Gasteiger partial charge in [-0.25, -0.2) is 0 Å². The van der Waals surface area contributed by atoms with E-state index >= 15 is 0 Å². The molecule has 0 aromatic carbocycles. The third-order valence-electron chi connectivity index (χ3n) is 12.9. The molecule has 0 bridgehead atoms. The predicted octanol–water partition coefficient (Wildman–Crippen LogP) is 6.58. The van der Waals surface area contributed by atoms with Crippen LogP contribution in [-0.2, 0) is 19.1 Å². The summed E-state index contributed by atoms with van der Waals surface area (Å²) in [6.45, 7) is 16.8. The Morgan fingerprint density at radius 2 is 1.59 bits per heavy atom. The molecule has 0 aliphatic heterocycles. The number of hydrogen-bond donors (Lipinski definition) is 2. The van der Waals surface area contributed by atoms with Crippen LogP contribution in [0.1, 0.15) is 99.3 Å². The second-order valence-corrected chi connectivity index (χ2v) is 14.4. The molecule has 208 valence electrons. The molecule has 0 aromatic rings. The number of carbonyl (C=O) groups is 3. The largest absolute Gasteiger partial charge is 0.481 e. The summed E-state index contributed by atoms with van der Waals surface area (Å²) in [5.74, 6) is -1.10. The Morgan fingerprint density at radius 3 is 2.14 bits per heavy atom. The number of carboxylic acids is 2. The summed E-state index contributed by atoms with van der Waals surface area (Å²) >= 11 is 0. The van der Waals surface area contributed by atoms with Gasteiger partial charge in [-0.1, -0.05) is 32.9 Å². The summed E-state index contributed by atoms with van der Waals surface area (Å²) in [7, 11) is 1.51. The molecule has 4 fully saturated rings. The number of carboxylic acid groups (broad SMARTS) is 2. The van der Waals surface area contributed by atoms with Crippen molar-refractivity contribution in [1.29, 1.82) is 0 Å². The first kappa shape index (κ1) is 28.2. The van der Waals surface area contributed by atoms with Gasteiger partial charge in [0.2, 0.25) is 0 Å². The molecule has 4 rings (SSSR count). The number of fused-ring (bicyclic) bond motifs is 5. The Morgan fingerprint density at radius 1 is 0.946 bits per heavy atom. The lowest BCUT2D eigenvalue weighted by Gasteiger charge is -2.71. The second-order valence-electron chi connectivity index (χ2n) is 14.4. The molecular weight excluding hydrogens is 468 g/mol. The number of methoxy groups -OCH3 is 1. The minimum absolute atomic E-state index is 0.0146. The number of carbonyl (C=O) groups excluding carboxylic acids is 1. The summed E-state index contributed by atoms with van der Waals surface area (Å²) in [4.78, 5) is 38.0. The van der Waals surface area contributed by atoms with Gasteiger partial charge >= 0.3 is 17.9 Å². The van der Waals surface area contributed by atoms with E-state index in [1.54, 1.807) is 13.8 Å². The SMILES string of the molecule is C=C(C)[C@@H]1CC[C@]2(C(=O)OC)CC[C@]3(C)[C@H](CC[C@@H]4[C@@](C)(CC(=O)O)[C@H](C(C)(C)C(=O)O)CC[C@]43C)[C@@H]12. The van der Waals surface area contributed by atoms with E-state index in [0.29, 0.717) is 12.3 Å². The van der Waals surface area contributed by atoms with E-state index in [-0.39, 0.29) is 46.9 Å². The van der Waals surface area contributed by atoms with E-state index in [1.807, 2.05) is 0 Å². The number of rotatable bonds is 6. The fourth-order valence-corrected chi connectivity index (χ4v) is 11.0. The van der Waals surface area contributed by atoms with Crippen molar-refractivity contribution in [2.75, 3.05) is 7.11 Å². The van der Waals surface area contributed by atoms with Crippen molar-refractivity contribution in [1.82, 2.24) is 0 Å². The maximum absolute atomic E-state index is 13.3. The number of esters is 1. The van der Waals surface area contributed by atoms with Gasteiger partial charge in [-0.2, -0.15) is 0 Å². The van der Waals surface area contributed by atoms with Crippen LogP contribution >= 0.6 is 0 Å². The Labute approximate surface area is 222 Å². The summed E-state index contributed by atoms with van der Waals surface area (Å²) in [6, 6.07) is 0. The Hall–Kier alpha value is -1.85. The summed E-state index contributed by atoms with van der Waals surface area (Å²) in [5.41, 5.74) is -1.17. The highest BCUT2D eigenvalue weighted by molar-refractivity contribution is 5.78. The van der Waals surface area contributed by atoms with Crippen LogP contribution in [0.15, 0.2) is 12.2 Å². The van der Waals surface area contributed by atoms with Crippen LogP contribution in [0.25, 0.3) is 0 Å². The molecule has 0 radical (unpaired) electrons. The zero-order valence-electron chi connectivity index (χ0n) is 24.0. The van der Waals surface area contributed by atoms with Crippen LogP contribution in [0.3, 0.4) is 0 Å². The molecule has 4 saturated carbocycles. The first-order chi connectivity index (χ1) is 17.0. The van der Waals surface area contributed by atoms with Crippen molar-refractivity contribution in [3.63, 3.8) is 0 Å². The molecule has 0 heterocycles. The summed E-state index contributed by atoms with van der Waals surface area (Å²) in [6.07, 6.45) is 6.89. The van der Waals surface area contributed by atoms with Crippen LogP contribution in [0.2, 0.25) is 0 Å². The van der Waals surface area contributed by atoms with Crippen molar-refractivity contribution >= 4 is 17.9 Å². The molecule has 6 nitrogen and oxygen atoms in total. The normalized spacial score (nSPS) is 45.2. The van der Waals surface area contributed by atoms with Crippen molar-refractivity contribution < 1.29 is 29.3 Å². The molecular formula is C31H48O6. The van der Waals surface area contributed by atoms with E-state index in [2.05, 4.69) is 34.3 Å². The number of hydrogen-bond acceptors (Lipinski definition) is 4. The van der Waals surface area contributed by atoms with Crippen molar-refractivity contribution in [2.24, 2.45) is 56.7 Å². The zero-order chi connectivity index (χ0) is 27.8. The Balaban J connectivity index is 1.82. The fraction of sp³-hybridized carbons (Fsp3) is 0.839. The Kier molecular flexibility index (Phi) is 6.73. The monoisotopic (exact) mass is 516 g/mol. The van der Waals surface area contributed by atoms with Crippen LogP contribution < -0.4 is 0 Å². The molecule has 4 aliphatic carbocycles. The van der Waals surface area contributed by atoms with Gasteiger partial charge in [0.15, 0.2) is 0 Å². The minimum Gasteiger partial charge on any atom is -0.481 e. The molecule has 6 heteroatoms. The highest BCUT2D eigenvalue weighted by Crippen LogP contribution is 2.76. The molecule has 9 atom stereocenters. The second kappa shape index (κ2) is 8.84. The number of ether oxygens (including phenoxy) is 1. The minimum atomic E-state index is -1.01. The van der Waals surface area contributed by atoms with Gasteiger partial charge in [-0.15, -0.1) is 0 Å². The number of allylic oxidation sites excluding steroid dienone is 1. The lowest BCUT2D eigenvalue weighted by molar-refractivity contribution is -0.233. The maximum atomic E-state index is 13.3. The van der Waals surface area contributed by atoms with Crippen molar-refractivity contribution in [2.45, 2.75) is 99.3 Å². The average Bonchev–Trinajstić information content (AvgIpc) is 3.19. The van der Waals surface area contributed by atoms with Crippen LogP contribution in [0, 0.1) is 56.7 Å². The molecule has 0 aromatic heterocycles. The molecule has 37 heavy (non-hydrogen) atoms. The molecule has 2 N–H and O–H groups in total. The standard InChI is InChI=1S/C31H48O6/c1-18(2)19-11-14-31(26(36)37-8)16-15-29(6)20(24(19)31)9-10-22-28(5,17-23(32)33)21(12-13-30(22,29)7)27(3,4)25(34)35/h19-22,24H,1,9-17H2,2-8H3,(H,32,33)(H,34,35)/t19-,20+,21-,22+,24+,28-,29+,30+,31-/m0/s1. The first-order valence-electron chi connectivity index (χ1n) is 14.2. The number of aliphatic carboxylic acids is 2. The highest BCUT2D eigenvalue weighted by atomic mass is 16.5. The zero-order valence-corrected chi connectivity index (χ0v) is 24.0. The smallest absolute Gasteiger partial charge is 0.312 e. The van der Waals surface area contributed by atoms with Crippen LogP contribution in [0.4, 0.5) is 0 Å². The van der Waals surface area contributed by atoms with Crippen LogP contribution in [0.5, 0.6) is 0 Å². The average molecular weight is 517 g/mol. The van der Waals surface area contributed by atoms with Gasteiger partial charge in [0.25, 0.3) is 0 Å². The van der Waals surface area contributed by atoms with E-state index in [1.165, 1.54) is 7.11 Å². The Bertz CT molecular complexity index is 1000. The third kappa shape index (κ3) is 3.66. The summed E-state index contributed by atoms with van der Waals surface area (Å²) in [5, 5.41) is 20.2. The highest BCUT2D eigenvalue weighted by Gasteiger charge is 2.72. The van der Waals surface area contributed by atoms with Gasteiger partial charge in [0, 0.05) is 0 Å². The van der Waals surface area contributed by atoms with Gasteiger partial charge < -0.3 is 14.9 Å². The molecule has 0 spiro atoms. The van der Waals surface area contributed by atoms with E-state index < -0.39 is 28.2 Å². The van der Waals surface area contributed by atoms with Gasteiger partial charge in [0.1, 0.15) is 0 Å². The molecule has 0 saturated heterocycles. The van der Waals surface area contributed by atoms with Crippen molar-refractivity contribution in [3.05, 3.63) is 12.2 Å². The lowest BCUT2D eigenvalue weighted by atomic mass is 9.33. The van der Waals surface area contributed by atoms with Crippen molar-refractivity contribution in [3.8, 4) is 0 Å². The maximum Gasteiger partial charge on any atom is 0.312 e. The van der Waals surface area contributed by atoms with Gasteiger partial charge in [-0.3, -0.25) is 14.4 Å².